The highest BCUT2D eigenvalue weighted by Crippen LogP contribution is 2.21. The summed E-state index contributed by atoms with van der Waals surface area (Å²) < 4.78 is 12.9. The van der Waals surface area contributed by atoms with Gasteiger partial charge in [-0.1, -0.05) is 12.1 Å². The number of fused-ring (bicyclic) bond motifs is 1. The highest BCUT2D eigenvalue weighted by Gasteiger charge is 2.10. The number of ether oxygens (including phenoxy) is 2. The molecule has 0 aliphatic rings. The van der Waals surface area contributed by atoms with Gasteiger partial charge >= 0.3 is 0 Å². The fourth-order valence-electron chi connectivity index (χ4n) is 2.95. The lowest BCUT2D eigenvalue weighted by Crippen LogP contribution is -2.31. The number of amides is 1. The number of carbonyl (C=O) groups is 1. The molecule has 0 bridgehead atoms. The predicted octanol–water partition coefficient (Wildman–Crippen LogP) is 2.94. The number of nitrogens with one attached hydrogen (secondary N) is 1. The average Bonchev–Trinajstić information content (AvgIpc) is 2.97. The maximum Gasteiger partial charge on any atom is 0.257 e. The van der Waals surface area contributed by atoms with E-state index in [1.807, 2.05) is 61.9 Å². The zero-order valence-corrected chi connectivity index (χ0v) is 16.2. The van der Waals surface area contributed by atoms with Crippen molar-refractivity contribution in [3.8, 4) is 11.5 Å². The number of rotatable bonds is 7. The first-order chi connectivity index (χ1) is 13.0. The minimum atomic E-state index is -0.142. The van der Waals surface area contributed by atoms with Crippen molar-refractivity contribution in [3.63, 3.8) is 0 Å². The molecule has 1 N–H and O–H groups in total. The Morgan fingerprint density at radius 1 is 1.19 bits per heavy atom. The molecule has 0 aliphatic carbocycles. The molecule has 0 fully saturated rings. The number of nitrogens with zero attached hydrogens (tertiary/aromatic N) is 2. The van der Waals surface area contributed by atoms with E-state index in [4.69, 9.17) is 9.47 Å². The van der Waals surface area contributed by atoms with Crippen LogP contribution in [0.4, 0.5) is 0 Å². The van der Waals surface area contributed by atoms with Gasteiger partial charge in [0, 0.05) is 26.1 Å². The number of hydrogen-bond acceptors (Lipinski definition) is 4. The molecule has 0 unspecified atom stereocenters. The topological polar surface area (TPSA) is 65.4 Å². The van der Waals surface area contributed by atoms with Crippen molar-refractivity contribution in [1.82, 2.24) is 14.9 Å². The third-order valence-corrected chi connectivity index (χ3v) is 4.55. The van der Waals surface area contributed by atoms with Crippen molar-refractivity contribution in [1.29, 1.82) is 0 Å². The van der Waals surface area contributed by atoms with E-state index in [-0.39, 0.29) is 12.5 Å². The van der Waals surface area contributed by atoms with Crippen LogP contribution in [0, 0.1) is 13.8 Å². The summed E-state index contributed by atoms with van der Waals surface area (Å²) in [7, 11) is 3.61. The van der Waals surface area contributed by atoms with Crippen molar-refractivity contribution in [2.45, 2.75) is 20.3 Å². The molecule has 3 aromatic rings. The van der Waals surface area contributed by atoms with Crippen LogP contribution in [0.3, 0.4) is 0 Å². The summed E-state index contributed by atoms with van der Waals surface area (Å²) in [5.41, 5.74) is 4.05. The van der Waals surface area contributed by atoms with Crippen molar-refractivity contribution in [3.05, 3.63) is 53.3 Å². The largest absolute Gasteiger partial charge is 0.497 e. The van der Waals surface area contributed by atoms with Crippen molar-refractivity contribution in [2.75, 3.05) is 20.3 Å². The Balaban J connectivity index is 1.53. The second-order valence-electron chi connectivity index (χ2n) is 6.60. The van der Waals surface area contributed by atoms with Gasteiger partial charge < -0.3 is 19.4 Å². The van der Waals surface area contributed by atoms with E-state index in [9.17, 15) is 4.79 Å². The van der Waals surface area contributed by atoms with E-state index >= 15 is 0 Å². The molecule has 27 heavy (non-hydrogen) atoms. The van der Waals surface area contributed by atoms with Crippen molar-refractivity contribution < 1.29 is 14.3 Å². The van der Waals surface area contributed by atoms with Crippen LogP contribution in [0.5, 0.6) is 11.5 Å². The fourth-order valence-corrected chi connectivity index (χ4v) is 2.95. The average molecular weight is 367 g/mol. The zero-order chi connectivity index (χ0) is 19.4. The number of hydrogen-bond donors (Lipinski definition) is 1. The SMILES string of the molecule is COc1ccc2c(c1)nc(CCNC(=O)COc1cc(C)ccc1C)n2C. The summed E-state index contributed by atoms with van der Waals surface area (Å²) in [6, 6.07) is 11.8. The Bertz CT molecular complexity index is 963. The molecule has 6 nitrogen and oxygen atoms in total. The summed E-state index contributed by atoms with van der Waals surface area (Å²) in [5, 5.41) is 2.89. The Hall–Kier alpha value is -3.02. The van der Waals surface area contributed by atoms with E-state index in [0.29, 0.717) is 13.0 Å². The van der Waals surface area contributed by atoms with Gasteiger partial charge in [-0.25, -0.2) is 4.98 Å². The number of aromatic nitrogens is 2. The number of carbonyl (C=O) groups excluding carboxylic acids is 1. The van der Waals surface area contributed by atoms with Gasteiger partial charge in [0.05, 0.1) is 18.1 Å². The summed E-state index contributed by atoms with van der Waals surface area (Å²) >= 11 is 0. The monoisotopic (exact) mass is 367 g/mol. The van der Waals surface area contributed by atoms with Gasteiger partial charge in [-0.3, -0.25) is 4.79 Å². The Morgan fingerprint density at radius 3 is 2.78 bits per heavy atom. The van der Waals surface area contributed by atoms with Crippen LogP contribution in [0.2, 0.25) is 0 Å². The molecule has 0 saturated carbocycles. The van der Waals surface area contributed by atoms with Gasteiger partial charge in [0.25, 0.3) is 5.91 Å². The Kier molecular flexibility index (Phi) is 5.64. The van der Waals surface area contributed by atoms with Crippen LogP contribution in [0.15, 0.2) is 36.4 Å². The summed E-state index contributed by atoms with van der Waals surface area (Å²) in [6.07, 6.45) is 0.642. The second kappa shape index (κ2) is 8.12. The fraction of sp³-hybridized carbons (Fsp3) is 0.333. The van der Waals surface area contributed by atoms with E-state index in [1.54, 1.807) is 7.11 Å². The molecular weight excluding hydrogens is 342 g/mol. The van der Waals surface area contributed by atoms with Crippen LogP contribution in [0.1, 0.15) is 17.0 Å². The van der Waals surface area contributed by atoms with Crippen LogP contribution in [0.25, 0.3) is 11.0 Å². The van der Waals surface area contributed by atoms with Gasteiger partial charge in [-0.05, 0) is 43.2 Å². The molecule has 1 heterocycles. The number of aryl methyl sites for hydroxylation is 3. The first-order valence-corrected chi connectivity index (χ1v) is 8.94. The summed E-state index contributed by atoms with van der Waals surface area (Å²) in [6.45, 7) is 4.47. The van der Waals surface area contributed by atoms with E-state index in [1.165, 1.54) is 0 Å². The maximum atomic E-state index is 12.1. The van der Waals surface area contributed by atoms with Gasteiger partial charge in [-0.15, -0.1) is 0 Å². The lowest BCUT2D eigenvalue weighted by Gasteiger charge is -2.10. The Labute approximate surface area is 159 Å². The molecule has 1 aromatic heterocycles. The predicted molar refractivity (Wildman–Crippen MR) is 105 cm³/mol. The van der Waals surface area contributed by atoms with Gasteiger partial charge in [0.15, 0.2) is 6.61 Å². The standard InChI is InChI=1S/C21H25N3O3/c1-14-5-6-15(2)19(11-14)27-13-21(25)22-10-9-20-23-17-12-16(26-4)7-8-18(17)24(20)3/h5-8,11-12H,9-10,13H2,1-4H3,(H,22,25). The van der Waals surface area contributed by atoms with Gasteiger partial charge in [0.2, 0.25) is 0 Å². The second-order valence-corrected chi connectivity index (χ2v) is 6.60. The van der Waals surface area contributed by atoms with Crippen LogP contribution in [-0.2, 0) is 18.3 Å². The molecule has 0 spiro atoms. The molecule has 0 aliphatic heterocycles. The third kappa shape index (κ3) is 4.39. The van der Waals surface area contributed by atoms with Crippen LogP contribution in [-0.4, -0.2) is 35.7 Å². The lowest BCUT2D eigenvalue weighted by molar-refractivity contribution is -0.123. The first kappa shape index (κ1) is 18.8. The number of imidazole rings is 1. The molecule has 0 radical (unpaired) electrons. The molecule has 0 atom stereocenters. The summed E-state index contributed by atoms with van der Waals surface area (Å²) in [5.74, 6) is 2.30. The molecule has 6 heteroatoms. The minimum Gasteiger partial charge on any atom is -0.497 e. The quantitative estimate of drug-likeness (QED) is 0.697. The minimum absolute atomic E-state index is 0.00400. The van der Waals surface area contributed by atoms with E-state index in [0.717, 1.165) is 39.5 Å². The third-order valence-electron chi connectivity index (χ3n) is 4.55. The molecule has 142 valence electrons. The van der Waals surface area contributed by atoms with E-state index < -0.39 is 0 Å². The van der Waals surface area contributed by atoms with Gasteiger partial charge in [0.1, 0.15) is 17.3 Å². The smallest absolute Gasteiger partial charge is 0.257 e. The molecule has 2 aromatic carbocycles. The zero-order valence-electron chi connectivity index (χ0n) is 16.2. The molecule has 0 saturated heterocycles. The van der Waals surface area contributed by atoms with Gasteiger partial charge in [-0.2, -0.15) is 0 Å². The first-order valence-electron chi connectivity index (χ1n) is 8.94. The number of benzene rings is 2. The normalized spacial score (nSPS) is 10.8. The van der Waals surface area contributed by atoms with Crippen LogP contribution >= 0.6 is 0 Å². The molecule has 3 rings (SSSR count). The molecule has 1 amide bonds. The summed E-state index contributed by atoms with van der Waals surface area (Å²) in [4.78, 5) is 16.7. The number of methoxy groups -OCH3 is 1. The van der Waals surface area contributed by atoms with Crippen molar-refractivity contribution in [2.24, 2.45) is 7.05 Å². The van der Waals surface area contributed by atoms with E-state index in [2.05, 4.69) is 10.3 Å². The highest BCUT2D eigenvalue weighted by molar-refractivity contribution is 5.78. The maximum absolute atomic E-state index is 12.1. The Morgan fingerprint density at radius 2 is 2.00 bits per heavy atom. The highest BCUT2D eigenvalue weighted by atomic mass is 16.5. The van der Waals surface area contributed by atoms with Crippen molar-refractivity contribution >= 4 is 16.9 Å². The lowest BCUT2D eigenvalue weighted by atomic mass is 10.1. The molecular formula is C21H25N3O3. The van der Waals surface area contributed by atoms with Crippen LogP contribution < -0.4 is 14.8 Å².